The number of hydrogen-bond donors (Lipinski definition) is 1. The van der Waals surface area contributed by atoms with Gasteiger partial charge >= 0.3 is 0 Å². The molecule has 1 N–H and O–H groups in total. The number of benzene rings is 6. The van der Waals surface area contributed by atoms with Crippen LogP contribution in [0.4, 0.5) is 22.7 Å². The summed E-state index contributed by atoms with van der Waals surface area (Å²) in [6.07, 6.45) is 10.7. The number of carbonyl (C=O) groups is 2. The molecule has 0 unspecified atom stereocenters. The lowest BCUT2D eigenvalue weighted by Crippen LogP contribution is -2.25. The van der Waals surface area contributed by atoms with Gasteiger partial charge in [-0.3, -0.25) is 29.8 Å². The number of amides is 2. The number of phenolic OH excluding ortho intramolecular Hbond substituents is 1. The average molecular weight is 1180 g/mol. The summed E-state index contributed by atoms with van der Waals surface area (Å²) in [5, 5.41) is 33.7. The molecule has 8 rings (SSSR count). The Balaban J connectivity index is 0.000000213. The van der Waals surface area contributed by atoms with Crippen molar-refractivity contribution in [3.05, 3.63) is 224 Å². The van der Waals surface area contributed by atoms with Gasteiger partial charge in [-0.05, 0) is 95.1 Å². The maximum atomic E-state index is 13.3. The number of aromatic hydroxyl groups is 1. The van der Waals surface area contributed by atoms with Crippen molar-refractivity contribution in [3.63, 3.8) is 0 Å². The van der Waals surface area contributed by atoms with Crippen LogP contribution in [0, 0.1) is 20.2 Å². The largest absolute Gasteiger partial charge is 0.508 e. The molecule has 2 amide bonds. The molecule has 73 heavy (non-hydrogen) atoms. The minimum atomic E-state index is -0.438. The van der Waals surface area contributed by atoms with Gasteiger partial charge in [-0.1, -0.05) is 133 Å². The average Bonchev–Trinajstić information content (AvgIpc) is 3.82. The predicted octanol–water partition coefficient (Wildman–Crippen LogP) is 12.8. The van der Waals surface area contributed by atoms with E-state index in [9.17, 15) is 34.9 Å². The number of nitro benzene ring substituents is 2. The lowest BCUT2D eigenvalue weighted by atomic mass is 10.1. The lowest BCUT2D eigenvalue weighted by molar-refractivity contribution is -0.385. The molecule has 6 aromatic rings. The number of rotatable bonds is 20. The number of halogens is 3. The summed E-state index contributed by atoms with van der Waals surface area (Å²) in [5.74, 6) is 0.765. The van der Waals surface area contributed by atoms with Gasteiger partial charge in [0, 0.05) is 62.5 Å². The minimum absolute atomic E-state index is 0.0373. The molecule has 0 atom stereocenters. The number of phenols is 1. The molecule has 0 bridgehead atoms. The normalized spacial score (nSPS) is 13.7. The fourth-order valence-electron chi connectivity index (χ4n) is 7.42. The van der Waals surface area contributed by atoms with Crippen LogP contribution in [0.2, 0.25) is 0 Å². The van der Waals surface area contributed by atoms with Crippen LogP contribution in [0.1, 0.15) is 33.4 Å². The second-order valence-corrected chi connectivity index (χ2v) is 18.2. The molecule has 376 valence electrons. The Morgan fingerprint density at radius 3 is 1.32 bits per heavy atom. The van der Waals surface area contributed by atoms with E-state index in [1.54, 1.807) is 88.7 Å². The molecule has 2 aliphatic heterocycles. The molecular weight excluding hydrogens is 1130 g/mol. The fourth-order valence-corrected chi connectivity index (χ4v) is 8.11. The lowest BCUT2D eigenvalue weighted by Gasteiger charge is -2.17. The first kappa shape index (κ1) is 55.3. The number of ether oxygens (including phenoxy) is 3. The molecule has 2 heterocycles. The summed E-state index contributed by atoms with van der Waals surface area (Å²) in [6, 6.07) is 42.3. The summed E-state index contributed by atoms with van der Waals surface area (Å²) in [6.45, 7) is 4.12. The van der Waals surface area contributed by atoms with Crippen LogP contribution in [0.25, 0.3) is 23.3 Å². The van der Waals surface area contributed by atoms with E-state index in [0.29, 0.717) is 44.1 Å². The Kier molecular flexibility index (Phi) is 21.9. The van der Waals surface area contributed by atoms with Gasteiger partial charge in [0.2, 0.25) is 0 Å². The Labute approximate surface area is 448 Å². The summed E-state index contributed by atoms with van der Waals surface area (Å²) in [4.78, 5) is 50.6. The van der Waals surface area contributed by atoms with Gasteiger partial charge in [0.15, 0.2) is 0 Å². The zero-order chi connectivity index (χ0) is 52.0. The molecule has 0 aliphatic carbocycles. The third-order valence-corrected chi connectivity index (χ3v) is 11.9. The van der Waals surface area contributed by atoms with Gasteiger partial charge in [0.05, 0.1) is 60.7 Å². The maximum Gasteiger partial charge on any atom is 0.269 e. The molecular formula is C56H51Br3N4O10. The van der Waals surface area contributed by atoms with Crippen molar-refractivity contribution in [2.24, 2.45) is 0 Å². The molecule has 0 radical (unpaired) electrons. The van der Waals surface area contributed by atoms with Crippen LogP contribution in [0.3, 0.4) is 0 Å². The SMILES string of the molecule is BrCCOCCBr.O=C1C(=CC=Cc2ccc([N+](=O)[O-])cc2)c2ccccc2N1Cc1ccc(O)cc1.O=C1C(=CC=Cc2ccc([N+](=O)[O-])cc2)c2ccccc2N1Cc1ccc(OCCOCCBr)cc1. The quantitative estimate of drug-likeness (QED) is 0.0255. The first-order valence-electron chi connectivity index (χ1n) is 22.9. The maximum absolute atomic E-state index is 13.3. The smallest absolute Gasteiger partial charge is 0.269 e. The number of anilines is 2. The van der Waals surface area contributed by atoms with E-state index >= 15 is 0 Å². The highest BCUT2D eigenvalue weighted by Gasteiger charge is 2.33. The highest BCUT2D eigenvalue weighted by molar-refractivity contribution is 9.09. The fraction of sp³-hybridized carbons (Fsp3) is 0.179. The highest BCUT2D eigenvalue weighted by Crippen LogP contribution is 2.39. The number of alkyl halides is 3. The van der Waals surface area contributed by atoms with E-state index in [2.05, 4.69) is 47.8 Å². The predicted molar refractivity (Wildman–Crippen MR) is 299 cm³/mol. The number of allylic oxidation sites excluding steroid dienone is 4. The first-order chi connectivity index (χ1) is 35.5. The number of nitrogens with zero attached hydrogens (tertiary/aromatic N) is 4. The second kappa shape index (κ2) is 28.9. The number of para-hydroxylation sites is 2. The standard InChI is InChI=1S/C28H25BrN2O5.C24H18N2O4.C4H8Br2O/c29-16-17-35-18-19-36-24-14-10-22(11-15-24)20-30-27-7-2-1-5-25(27)26(28(30)32)6-3-4-21-8-12-23(13-9-21)31(33)34;27-20-14-10-18(11-15-20)16-25-23-7-2-1-5-21(23)22(24(25)28)6-3-4-17-8-12-19(13-9-17)26(29)30;5-1-3-7-4-2-6/h1-15H,16-20H2;1-15,27H,16H2;1-4H2. The van der Waals surface area contributed by atoms with Gasteiger partial charge in [0.1, 0.15) is 18.1 Å². The highest BCUT2D eigenvalue weighted by atomic mass is 79.9. The van der Waals surface area contributed by atoms with Crippen LogP contribution in [0.5, 0.6) is 11.5 Å². The molecule has 0 saturated heterocycles. The number of non-ortho nitro benzene ring substituents is 2. The van der Waals surface area contributed by atoms with Crippen molar-refractivity contribution in [2.45, 2.75) is 13.1 Å². The van der Waals surface area contributed by atoms with Gasteiger partial charge in [-0.2, -0.15) is 0 Å². The summed E-state index contributed by atoms with van der Waals surface area (Å²) < 4.78 is 16.1. The Morgan fingerprint density at radius 2 is 0.904 bits per heavy atom. The molecule has 14 nitrogen and oxygen atoms in total. The number of fused-ring (bicyclic) bond motifs is 2. The second-order valence-electron chi connectivity index (χ2n) is 15.8. The van der Waals surface area contributed by atoms with Crippen molar-refractivity contribution in [3.8, 4) is 11.5 Å². The number of hydrogen-bond acceptors (Lipinski definition) is 10. The van der Waals surface area contributed by atoms with Crippen LogP contribution in [-0.2, 0) is 32.2 Å². The molecule has 2 aliphatic rings. The molecule has 0 spiro atoms. The zero-order valence-electron chi connectivity index (χ0n) is 39.4. The van der Waals surface area contributed by atoms with Gasteiger partial charge in [-0.15, -0.1) is 0 Å². The molecule has 6 aromatic carbocycles. The van der Waals surface area contributed by atoms with Gasteiger partial charge in [0.25, 0.3) is 23.2 Å². The summed E-state index contributed by atoms with van der Waals surface area (Å²) >= 11 is 9.80. The third-order valence-electron chi connectivity index (χ3n) is 10.9. The van der Waals surface area contributed by atoms with Crippen LogP contribution >= 0.6 is 47.8 Å². The Bertz CT molecular complexity index is 2920. The van der Waals surface area contributed by atoms with Crippen molar-refractivity contribution >= 4 is 106 Å². The van der Waals surface area contributed by atoms with E-state index in [4.69, 9.17) is 14.2 Å². The Hall–Kier alpha value is -7.02. The molecule has 0 saturated carbocycles. The van der Waals surface area contributed by atoms with E-state index in [-0.39, 0.29) is 28.9 Å². The topological polar surface area (TPSA) is 175 Å². The zero-order valence-corrected chi connectivity index (χ0v) is 44.2. The summed E-state index contributed by atoms with van der Waals surface area (Å²) in [7, 11) is 0. The van der Waals surface area contributed by atoms with Crippen LogP contribution < -0.4 is 14.5 Å². The first-order valence-corrected chi connectivity index (χ1v) is 26.3. The summed E-state index contributed by atoms with van der Waals surface area (Å²) in [5.41, 5.74) is 8.22. The van der Waals surface area contributed by atoms with Crippen LogP contribution in [-0.4, -0.2) is 75.8 Å². The monoisotopic (exact) mass is 1180 g/mol. The van der Waals surface area contributed by atoms with Gasteiger partial charge in [-0.25, -0.2) is 0 Å². The van der Waals surface area contributed by atoms with E-state index < -0.39 is 9.85 Å². The minimum Gasteiger partial charge on any atom is -0.508 e. The number of nitro groups is 2. The molecule has 0 aromatic heterocycles. The van der Waals surface area contributed by atoms with Crippen molar-refractivity contribution < 1.29 is 38.8 Å². The Morgan fingerprint density at radius 1 is 0.507 bits per heavy atom. The van der Waals surface area contributed by atoms with E-state index in [0.717, 1.165) is 79.7 Å². The molecule has 0 fully saturated rings. The van der Waals surface area contributed by atoms with Gasteiger partial charge < -0.3 is 29.1 Å². The molecule has 17 heteroatoms. The number of carbonyl (C=O) groups excluding carboxylic acids is 2. The van der Waals surface area contributed by atoms with E-state index in [1.165, 1.54) is 24.3 Å². The van der Waals surface area contributed by atoms with E-state index in [1.807, 2.05) is 78.9 Å². The van der Waals surface area contributed by atoms with Crippen molar-refractivity contribution in [1.82, 2.24) is 0 Å². The van der Waals surface area contributed by atoms with Crippen molar-refractivity contribution in [1.29, 1.82) is 0 Å². The van der Waals surface area contributed by atoms with Crippen LogP contribution in [0.15, 0.2) is 170 Å². The third kappa shape index (κ3) is 16.2. The van der Waals surface area contributed by atoms with Crippen molar-refractivity contribution in [2.75, 3.05) is 58.8 Å².